The zero-order valence-electron chi connectivity index (χ0n) is 10.1. The van der Waals surface area contributed by atoms with Crippen molar-refractivity contribution in [3.63, 3.8) is 0 Å². The Labute approximate surface area is 127 Å². The van der Waals surface area contributed by atoms with E-state index in [1.54, 1.807) is 0 Å². The first-order valence-electron chi connectivity index (χ1n) is 5.99. The van der Waals surface area contributed by atoms with Crippen molar-refractivity contribution in [1.82, 2.24) is 9.97 Å². The summed E-state index contributed by atoms with van der Waals surface area (Å²) in [6.45, 7) is 0. The summed E-state index contributed by atoms with van der Waals surface area (Å²) < 4.78 is 27.0. The molecule has 104 valence electrons. The van der Waals surface area contributed by atoms with Crippen LogP contribution in [0.3, 0.4) is 0 Å². The molecule has 1 heterocycles. The molecule has 0 spiro atoms. The van der Waals surface area contributed by atoms with Gasteiger partial charge in [0.25, 0.3) is 0 Å². The number of nitrogens with zero attached hydrogens (tertiary/aromatic N) is 2. The largest absolute Gasteiger partial charge is 0.338 e. The van der Waals surface area contributed by atoms with Gasteiger partial charge in [-0.1, -0.05) is 11.6 Å². The van der Waals surface area contributed by atoms with E-state index in [-0.39, 0.29) is 10.2 Å². The molecule has 0 aliphatic heterocycles. The minimum absolute atomic E-state index is 0.120. The SMILES string of the molecule is Fc1cc(F)c(Nc2cc(Cl)nc(C3CC3)n2)cc1Br. The van der Waals surface area contributed by atoms with Gasteiger partial charge in [0.05, 0.1) is 10.2 Å². The van der Waals surface area contributed by atoms with Crippen LogP contribution < -0.4 is 5.32 Å². The van der Waals surface area contributed by atoms with Crippen LogP contribution in [0.2, 0.25) is 5.15 Å². The number of nitrogens with one attached hydrogen (secondary N) is 1. The Balaban J connectivity index is 1.92. The summed E-state index contributed by atoms with van der Waals surface area (Å²) in [5.41, 5.74) is 0.120. The fourth-order valence-corrected chi connectivity index (χ4v) is 2.31. The van der Waals surface area contributed by atoms with E-state index < -0.39 is 11.6 Å². The van der Waals surface area contributed by atoms with Gasteiger partial charge in [-0.3, -0.25) is 0 Å². The van der Waals surface area contributed by atoms with Gasteiger partial charge in [0, 0.05) is 18.1 Å². The van der Waals surface area contributed by atoms with Gasteiger partial charge in [-0.05, 0) is 34.8 Å². The molecule has 0 amide bonds. The monoisotopic (exact) mass is 359 g/mol. The van der Waals surface area contributed by atoms with Crippen molar-refractivity contribution < 1.29 is 8.78 Å². The maximum Gasteiger partial charge on any atom is 0.149 e. The molecule has 0 unspecified atom stereocenters. The molecule has 1 fully saturated rings. The Morgan fingerprint density at radius 1 is 1.15 bits per heavy atom. The van der Waals surface area contributed by atoms with Gasteiger partial charge >= 0.3 is 0 Å². The molecular weight excluding hydrogens is 352 g/mol. The predicted octanol–water partition coefficient (Wildman–Crippen LogP) is 4.79. The standard InChI is InChI=1S/C13H9BrClF2N3/c14-7-3-10(9(17)4-8(7)16)18-12-5-11(15)19-13(20-12)6-1-2-6/h3-6H,1-2H2,(H,18,19,20). The van der Waals surface area contributed by atoms with Gasteiger partial charge in [-0.15, -0.1) is 0 Å². The van der Waals surface area contributed by atoms with E-state index in [0.717, 1.165) is 18.9 Å². The van der Waals surface area contributed by atoms with Crippen molar-refractivity contribution in [2.45, 2.75) is 18.8 Å². The Morgan fingerprint density at radius 2 is 1.90 bits per heavy atom. The molecule has 3 nitrogen and oxygen atoms in total. The lowest BCUT2D eigenvalue weighted by atomic mass is 10.3. The van der Waals surface area contributed by atoms with Crippen LogP contribution in [-0.4, -0.2) is 9.97 Å². The van der Waals surface area contributed by atoms with Crippen LogP contribution in [-0.2, 0) is 0 Å². The number of halogens is 4. The fraction of sp³-hybridized carbons (Fsp3) is 0.231. The third-order valence-electron chi connectivity index (χ3n) is 2.93. The number of aromatic nitrogens is 2. The Morgan fingerprint density at radius 3 is 2.60 bits per heavy atom. The van der Waals surface area contributed by atoms with Crippen molar-refractivity contribution in [3.05, 3.63) is 45.3 Å². The van der Waals surface area contributed by atoms with E-state index in [9.17, 15) is 8.78 Å². The van der Waals surface area contributed by atoms with Gasteiger partial charge in [0.1, 0.15) is 28.4 Å². The smallest absolute Gasteiger partial charge is 0.149 e. The van der Waals surface area contributed by atoms with Gasteiger partial charge in [-0.25, -0.2) is 18.7 Å². The molecule has 7 heteroatoms. The summed E-state index contributed by atoms with van der Waals surface area (Å²) in [6.07, 6.45) is 2.08. The first-order valence-corrected chi connectivity index (χ1v) is 7.16. The second-order valence-electron chi connectivity index (χ2n) is 4.58. The van der Waals surface area contributed by atoms with E-state index in [2.05, 4.69) is 31.2 Å². The highest BCUT2D eigenvalue weighted by molar-refractivity contribution is 9.10. The Bertz CT molecular complexity index is 677. The second kappa shape index (κ2) is 5.26. The van der Waals surface area contributed by atoms with Crippen molar-refractivity contribution in [2.75, 3.05) is 5.32 Å². The zero-order valence-corrected chi connectivity index (χ0v) is 12.5. The van der Waals surface area contributed by atoms with Gasteiger partial charge in [-0.2, -0.15) is 0 Å². The minimum Gasteiger partial charge on any atom is -0.338 e. The van der Waals surface area contributed by atoms with E-state index >= 15 is 0 Å². The number of benzene rings is 1. The Hall–Kier alpha value is -1.27. The molecule has 1 aromatic heterocycles. The highest BCUT2D eigenvalue weighted by Gasteiger charge is 2.27. The Kier molecular flexibility index (Phi) is 3.60. The number of rotatable bonds is 3. The third kappa shape index (κ3) is 2.91. The molecule has 1 aliphatic carbocycles. The molecule has 1 aromatic carbocycles. The minimum atomic E-state index is -0.701. The zero-order chi connectivity index (χ0) is 14.3. The van der Waals surface area contributed by atoms with Crippen molar-refractivity contribution in [1.29, 1.82) is 0 Å². The molecule has 2 aromatic rings. The molecule has 1 saturated carbocycles. The molecule has 3 rings (SSSR count). The summed E-state index contributed by atoms with van der Waals surface area (Å²) >= 11 is 8.95. The predicted molar refractivity (Wildman–Crippen MR) is 76.4 cm³/mol. The number of hydrogen-bond donors (Lipinski definition) is 1. The average Bonchev–Trinajstić information content (AvgIpc) is 3.19. The van der Waals surface area contributed by atoms with Crippen LogP contribution in [0.4, 0.5) is 20.3 Å². The van der Waals surface area contributed by atoms with Gasteiger partial charge in [0.15, 0.2) is 0 Å². The maximum atomic E-state index is 13.7. The summed E-state index contributed by atoms with van der Waals surface area (Å²) in [5.74, 6) is 0.0193. The number of hydrogen-bond acceptors (Lipinski definition) is 3. The van der Waals surface area contributed by atoms with Crippen LogP contribution in [0.1, 0.15) is 24.6 Å². The first-order chi connectivity index (χ1) is 9.52. The molecular formula is C13H9BrClF2N3. The lowest BCUT2D eigenvalue weighted by Crippen LogP contribution is -2.01. The maximum absolute atomic E-state index is 13.7. The van der Waals surface area contributed by atoms with Crippen LogP contribution in [0, 0.1) is 11.6 Å². The topological polar surface area (TPSA) is 37.8 Å². The van der Waals surface area contributed by atoms with Crippen molar-refractivity contribution >= 4 is 39.0 Å². The van der Waals surface area contributed by atoms with Crippen LogP contribution in [0.5, 0.6) is 0 Å². The van der Waals surface area contributed by atoms with Crippen LogP contribution in [0.15, 0.2) is 22.7 Å². The molecule has 1 aliphatic rings. The summed E-state index contributed by atoms with van der Waals surface area (Å²) in [7, 11) is 0. The normalized spacial score (nSPS) is 14.4. The highest BCUT2D eigenvalue weighted by Crippen LogP contribution is 2.39. The first kappa shape index (κ1) is 13.7. The van der Waals surface area contributed by atoms with Gasteiger partial charge < -0.3 is 5.32 Å². The van der Waals surface area contributed by atoms with Crippen LogP contribution >= 0.6 is 27.5 Å². The quantitative estimate of drug-likeness (QED) is 0.631. The lowest BCUT2D eigenvalue weighted by Gasteiger charge is -2.09. The molecule has 1 N–H and O–H groups in total. The lowest BCUT2D eigenvalue weighted by molar-refractivity contribution is 0.581. The van der Waals surface area contributed by atoms with Crippen molar-refractivity contribution in [2.24, 2.45) is 0 Å². The van der Waals surface area contributed by atoms with Crippen LogP contribution in [0.25, 0.3) is 0 Å². The molecule has 0 radical (unpaired) electrons. The third-order valence-corrected chi connectivity index (χ3v) is 3.73. The van der Waals surface area contributed by atoms with E-state index in [1.807, 2.05) is 0 Å². The molecule has 0 saturated heterocycles. The summed E-state index contributed by atoms with van der Waals surface area (Å²) in [4.78, 5) is 8.44. The fourth-order valence-electron chi connectivity index (χ4n) is 1.78. The second-order valence-corrected chi connectivity index (χ2v) is 5.82. The van der Waals surface area contributed by atoms with E-state index in [1.165, 1.54) is 12.1 Å². The molecule has 0 bridgehead atoms. The van der Waals surface area contributed by atoms with E-state index in [0.29, 0.717) is 22.7 Å². The molecule has 0 atom stereocenters. The molecule has 20 heavy (non-hydrogen) atoms. The summed E-state index contributed by atoms with van der Waals surface area (Å²) in [5, 5.41) is 3.09. The average molecular weight is 361 g/mol. The number of anilines is 2. The van der Waals surface area contributed by atoms with E-state index in [4.69, 9.17) is 11.6 Å². The van der Waals surface area contributed by atoms with Gasteiger partial charge in [0.2, 0.25) is 0 Å². The van der Waals surface area contributed by atoms with Crippen molar-refractivity contribution in [3.8, 4) is 0 Å². The highest BCUT2D eigenvalue weighted by atomic mass is 79.9. The summed E-state index contributed by atoms with van der Waals surface area (Å²) in [6, 6.07) is 3.62.